The van der Waals surface area contributed by atoms with Gasteiger partial charge >= 0.3 is 0 Å². The SMILES string of the molecule is O=C(S[C@H](C(=O)c1ccccc1)c1ccccc1)c1ccccc1. The van der Waals surface area contributed by atoms with E-state index in [1.165, 1.54) is 0 Å². The summed E-state index contributed by atoms with van der Waals surface area (Å²) in [4.78, 5) is 25.5. The van der Waals surface area contributed by atoms with E-state index < -0.39 is 5.25 Å². The fourth-order valence-electron chi connectivity index (χ4n) is 2.40. The maximum Gasteiger partial charge on any atom is 0.220 e. The van der Waals surface area contributed by atoms with Crippen LogP contribution in [0, 0.1) is 0 Å². The molecule has 118 valence electrons. The highest BCUT2D eigenvalue weighted by Gasteiger charge is 2.26. The zero-order valence-corrected chi connectivity index (χ0v) is 13.8. The minimum atomic E-state index is -0.554. The van der Waals surface area contributed by atoms with E-state index in [0.717, 1.165) is 17.3 Å². The van der Waals surface area contributed by atoms with Crippen LogP contribution in [0.2, 0.25) is 0 Å². The monoisotopic (exact) mass is 332 g/mol. The largest absolute Gasteiger partial charge is 0.293 e. The van der Waals surface area contributed by atoms with Crippen molar-refractivity contribution in [2.75, 3.05) is 0 Å². The highest BCUT2D eigenvalue weighted by Crippen LogP contribution is 2.34. The predicted molar refractivity (Wildman–Crippen MR) is 98.3 cm³/mol. The molecule has 0 aromatic heterocycles. The van der Waals surface area contributed by atoms with E-state index in [9.17, 15) is 9.59 Å². The summed E-state index contributed by atoms with van der Waals surface area (Å²) >= 11 is 1.07. The summed E-state index contributed by atoms with van der Waals surface area (Å²) in [7, 11) is 0. The van der Waals surface area contributed by atoms with Gasteiger partial charge in [-0.3, -0.25) is 9.59 Å². The van der Waals surface area contributed by atoms with Crippen molar-refractivity contribution in [1.29, 1.82) is 0 Å². The van der Waals surface area contributed by atoms with Crippen LogP contribution >= 0.6 is 11.8 Å². The highest BCUT2D eigenvalue weighted by molar-refractivity contribution is 8.14. The van der Waals surface area contributed by atoms with Gasteiger partial charge in [0.15, 0.2) is 5.78 Å². The molecule has 0 aliphatic rings. The number of carbonyl (C=O) groups excluding carboxylic acids is 2. The van der Waals surface area contributed by atoms with Crippen LogP contribution in [0.3, 0.4) is 0 Å². The van der Waals surface area contributed by atoms with Crippen LogP contribution in [0.1, 0.15) is 31.5 Å². The summed E-state index contributed by atoms with van der Waals surface area (Å²) in [5.41, 5.74) is 2.05. The van der Waals surface area contributed by atoms with E-state index in [1.54, 1.807) is 24.3 Å². The molecule has 0 radical (unpaired) electrons. The van der Waals surface area contributed by atoms with Gasteiger partial charge in [-0.15, -0.1) is 0 Å². The molecule has 0 saturated carbocycles. The fraction of sp³-hybridized carbons (Fsp3) is 0.0476. The Hall–Kier alpha value is -2.65. The third-order valence-electron chi connectivity index (χ3n) is 3.63. The Morgan fingerprint density at radius 1 is 0.625 bits per heavy atom. The zero-order chi connectivity index (χ0) is 16.8. The van der Waals surface area contributed by atoms with Gasteiger partial charge in [-0.2, -0.15) is 0 Å². The lowest BCUT2D eigenvalue weighted by atomic mass is 10.0. The predicted octanol–water partition coefficient (Wildman–Crippen LogP) is 5.18. The van der Waals surface area contributed by atoms with E-state index in [2.05, 4.69) is 0 Å². The molecule has 0 bridgehead atoms. The van der Waals surface area contributed by atoms with Crippen LogP contribution in [-0.2, 0) is 0 Å². The van der Waals surface area contributed by atoms with Crippen molar-refractivity contribution in [3.63, 3.8) is 0 Å². The molecule has 3 rings (SSSR count). The molecule has 0 aliphatic carbocycles. The van der Waals surface area contributed by atoms with E-state index in [0.29, 0.717) is 11.1 Å². The standard InChI is InChI=1S/C21H16O2S/c22-19(16-10-4-1-5-11-16)20(17-12-6-2-7-13-17)24-21(23)18-14-8-3-9-15-18/h1-15,20H/t20-/m0/s1. The normalized spacial score (nSPS) is 11.7. The second-order valence-electron chi connectivity index (χ2n) is 5.29. The number of ketones is 1. The van der Waals surface area contributed by atoms with Gasteiger partial charge in [0.1, 0.15) is 5.25 Å². The number of hydrogen-bond donors (Lipinski definition) is 0. The van der Waals surface area contributed by atoms with E-state index in [-0.39, 0.29) is 10.9 Å². The summed E-state index contributed by atoms with van der Waals surface area (Å²) in [5.74, 6) is -0.0592. The topological polar surface area (TPSA) is 34.1 Å². The summed E-state index contributed by atoms with van der Waals surface area (Å²) in [6.07, 6.45) is 0. The Morgan fingerprint density at radius 3 is 1.62 bits per heavy atom. The molecule has 0 N–H and O–H groups in total. The maximum atomic E-state index is 12.9. The maximum absolute atomic E-state index is 12.9. The molecule has 0 amide bonds. The molecule has 3 heteroatoms. The van der Waals surface area contributed by atoms with Crippen molar-refractivity contribution in [2.24, 2.45) is 0 Å². The number of benzene rings is 3. The molecule has 0 aliphatic heterocycles. The Labute approximate surface area is 145 Å². The van der Waals surface area contributed by atoms with Crippen LogP contribution in [0.25, 0.3) is 0 Å². The molecule has 3 aromatic carbocycles. The molecule has 0 spiro atoms. The lowest BCUT2D eigenvalue weighted by Crippen LogP contribution is -2.12. The molecule has 0 saturated heterocycles. The summed E-state index contributed by atoms with van der Waals surface area (Å²) in [6, 6.07) is 27.6. The van der Waals surface area contributed by atoms with Gasteiger partial charge in [0.25, 0.3) is 0 Å². The first-order chi connectivity index (χ1) is 11.8. The van der Waals surface area contributed by atoms with Crippen molar-refractivity contribution in [1.82, 2.24) is 0 Å². The average molecular weight is 332 g/mol. The van der Waals surface area contributed by atoms with Crippen molar-refractivity contribution in [3.05, 3.63) is 108 Å². The summed E-state index contributed by atoms with van der Waals surface area (Å²) < 4.78 is 0. The Balaban J connectivity index is 1.91. The van der Waals surface area contributed by atoms with Gasteiger partial charge in [-0.25, -0.2) is 0 Å². The van der Waals surface area contributed by atoms with Crippen molar-refractivity contribution < 1.29 is 9.59 Å². The smallest absolute Gasteiger partial charge is 0.220 e. The molecule has 0 fully saturated rings. The minimum Gasteiger partial charge on any atom is -0.293 e. The first-order valence-corrected chi connectivity index (χ1v) is 8.54. The zero-order valence-electron chi connectivity index (χ0n) is 13.0. The number of Topliss-reactive ketones (excluding diaryl/α,β-unsaturated/α-hetero) is 1. The molecular weight excluding hydrogens is 316 g/mol. The van der Waals surface area contributed by atoms with Gasteiger partial charge in [0.05, 0.1) is 0 Å². The van der Waals surface area contributed by atoms with Gasteiger partial charge in [0.2, 0.25) is 5.12 Å². The molecule has 24 heavy (non-hydrogen) atoms. The molecule has 2 nitrogen and oxygen atoms in total. The fourth-order valence-corrected chi connectivity index (χ4v) is 3.43. The number of rotatable bonds is 5. The number of hydrogen-bond acceptors (Lipinski definition) is 3. The Bertz CT molecular complexity index is 814. The third-order valence-corrected chi connectivity index (χ3v) is 4.80. The van der Waals surface area contributed by atoms with Crippen LogP contribution in [0.4, 0.5) is 0 Å². The van der Waals surface area contributed by atoms with Crippen LogP contribution in [-0.4, -0.2) is 10.9 Å². The quantitative estimate of drug-likeness (QED) is 0.603. The van der Waals surface area contributed by atoms with E-state index in [4.69, 9.17) is 0 Å². The van der Waals surface area contributed by atoms with Crippen LogP contribution in [0.15, 0.2) is 91.0 Å². The highest BCUT2D eigenvalue weighted by atomic mass is 32.2. The summed E-state index contributed by atoms with van der Waals surface area (Å²) in [6.45, 7) is 0. The second kappa shape index (κ2) is 7.75. The van der Waals surface area contributed by atoms with Crippen molar-refractivity contribution in [2.45, 2.75) is 5.25 Å². The number of carbonyl (C=O) groups is 2. The molecule has 3 aromatic rings. The molecule has 0 heterocycles. The van der Waals surface area contributed by atoms with Crippen molar-refractivity contribution >= 4 is 22.7 Å². The lowest BCUT2D eigenvalue weighted by Gasteiger charge is -2.15. The first kappa shape index (κ1) is 16.2. The first-order valence-electron chi connectivity index (χ1n) is 7.66. The minimum absolute atomic E-state index is 0.0592. The van der Waals surface area contributed by atoms with Gasteiger partial charge in [0, 0.05) is 11.1 Å². The van der Waals surface area contributed by atoms with E-state index >= 15 is 0 Å². The molecule has 0 unspecified atom stereocenters. The Morgan fingerprint density at radius 2 is 1.08 bits per heavy atom. The van der Waals surface area contributed by atoms with Crippen molar-refractivity contribution in [3.8, 4) is 0 Å². The van der Waals surface area contributed by atoms with Crippen LogP contribution in [0.5, 0.6) is 0 Å². The third kappa shape index (κ3) is 3.81. The van der Waals surface area contributed by atoms with Gasteiger partial charge in [-0.05, 0) is 5.56 Å². The molecule has 1 atom stereocenters. The van der Waals surface area contributed by atoms with Gasteiger partial charge < -0.3 is 0 Å². The van der Waals surface area contributed by atoms with E-state index in [1.807, 2.05) is 66.7 Å². The summed E-state index contributed by atoms with van der Waals surface area (Å²) in [5, 5.41) is -0.657. The number of thioether (sulfide) groups is 1. The van der Waals surface area contributed by atoms with Gasteiger partial charge in [-0.1, -0.05) is 103 Å². The molecular formula is C21H16O2S. The second-order valence-corrected chi connectivity index (χ2v) is 6.37. The lowest BCUT2D eigenvalue weighted by molar-refractivity contribution is 0.0983. The van der Waals surface area contributed by atoms with Crippen LogP contribution < -0.4 is 0 Å². The average Bonchev–Trinajstić information content (AvgIpc) is 2.67. The Kier molecular flexibility index (Phi) is 5.24.